The molecule has 1 aromatic carbocycles. The minimum Gasteiger partial charge on any atom is -0.320 e. The van der Waals surface area contributed by atoms with Gasteiger partial charge < -0.3 is 10.6 Å². The van der Waals surface area contributed by atoms with Gasteiger partial charge in [0.25, 0.3) is 0 Å². The largest absolute Gasteiger partial charge is 0.320 e. The zero-order chi connectivity index (χ0) is 15.2. The van der Waals surface area contributed by atoms with E-state index in [0.717, 1.165) is 5.56 Å². The quantitative estimate of drug-likeness (QED) is 0.762. The molecule has 20 heavy (non-hydrogen) atoms. The first-order chi connectivity index (χ1) is 9.35. The highest BCUT2D eigenvalue weighted by molar-refractivity contribution is 7.89. The first kappa shape index (κ1) is 16.7. The number of hydrogen-bond donors (Lipinski definition) is 2. The van der Waals surface area contributed by atoms with Crippen molar-refractivity contribution in [3.8, 4) is 11.8 Å². The van der Waals surface area contributed by atoms with Crippen molar-refractivity contribution in [1.82, 2.24) is 9.62 Å². The molecule has 6 heteroatoms. The fraction of sp³-hybridized carbons (Fsp3) is 0.429. The van der Waals surface area contributed by atoms with Crippen molar-refractivity contribution in [2.24, 2.45) is 5.73 Å². The van der Waals surface area contributed by atoms with Crippen molar-refractivity contribution in [2.75, 3.05) is 27.2 Å². The van der Waals surface area contributed by atoms with E-state index in [1.54, 1.807) is 24.3 Å². The van der Waals surface area contributed by atoms with Gasteiger partial charge in [0.2, 0.25) is 10.0 Å². The van der Waals surface area contributed by atoms with Crippen LogP contribution >= 0.6 is 0 Å². The Morgan fingerprint density at radius 1 is 1.30 bits per heavy atom. The second-order valence-electron chi connectivity index (χ2n) is 4.81. The minimum absolute atomic E-state index is 0.160. The average molecular weight is 295 g/mol. The van der Waals surface area contributed by atoms with E-state index in [9.17, 15) is 8.42 Å². The Bertz CT molecular complexity index is 583. The van der Waals surface area contributed by atoms with E-state index in [2.05, 4.69) is 16.6 Å². The van der Waals surface area contributed by atoms with Crippen molar-refractivity contribution < 1.29 is 8.42 Å². The fourth-order valence-electron chi connectivity index (χ4n) is 1.79. The van der Waals surface area contributed by atoms with E-state index in [1.807, 2.05) is 25.9 Å². The van der Waals surface area contributed by atoms with Crippen LogP contribution < -0.4 is 10.5 Å². The molecule has 5 nitrogen and oxygen atoms in total. The van der Waals surface area contributed by atoms with Gasteiger partial charge in [0.15, 0.2) is 0 Å². The van der Waals surface area contributed by atoms with E-state index in [-0.39, 0.29) is 17.5 Å². The lowest BCUT2D eigenvalue weighted by atomic mass is 10.2. The van der Waals surface area contributed by atoms with E-state index in [0.29, 0.717) is 6.54 Å². The summed E-state index contributed by atoms with van der Waals surface area (Å²) in [6.45, 7) is 2.75. The van der Waals surface area contributed by atoms with Gasteiger partial charge in [-0.05, 0) is 45.3 Å². The average Bonchev–Trinajstić information content (AvgIpc) is 2.35. The summed E-state index contributed by atoms with van der Waals surface area (Å²) in [6.07, 6.45) is 0. The number of nitrogens with one attached hydrogen (secondary N) is 1. The Balaban J connectivity index is 2.82. The Labute approximate surface area is 121 Å². The van der Waals surface area contributed by atoms with Crippen molar-refractivity contribution in [3.05, 3.63) is 29.8 Å². The zero-order valence-corrected chi connectivity index (χ0v) is 12.9. The lowest BCUT2D eigenvalue weighted by Crippen LogP contribution is -2.39. The smallest absolute Gasteiger partial charge is 0.240 e. The van der Waals surface area contributed by atoms with Crippen LogP contribution in [0.5, 0.6) is 0 Å². The Hall–Kier alpha value is -1.39. The third-order valence-electron chi connectivity index (χ3n) is 2.49. The van der Waals surface area contributed by atoms with E-state index in [1.165, 1.54) is 0 Å². The van der Waals surface area contributed by atoms with Crippen molar-refractivity contribution >= 4 is 10.0 Å². The molecule has 0 radical (unpaired) electrons. The number of rotatable bonds is 5. The maximum atomic E-state index is 12.2. The van der Waals surface area contributed by atoms with Crippen LogP contribution in [0.25, 0.3) is 0 Å². The molecule has 3 N–H and O–H groups in total. The molecule has 0 aliphatic heterocycles. The predicted octanol–water partition coefficient (Wildman–Crippen LogP) is 0.225. The Morgan fingerprint density at radius 3 is 2.40 bits per heavy atom. The van der Waals surface area contributed by atoms with Crippen molar-refractivity contribution in [1.29, 1.82) is 0 Å². The fourth-order valence-corrected chi connectivity index (χ4v) is 3.02. The summed E-state index contributed by atoms with van der Waals surface area (Å²) >= 11 is 0. The summed E-state index contributed by atoms with van der Waals surface area (Å²) in [5, 5.41) is 0. The molecule has 0 aromatic heterocycles. The first-order valence-corrected chi connectivity index (χ1v) is 7.79. The number of nitrogens with two attached hydrogens (primary N) is 1. The normalized spacial score (nSPS) is 12.8. The molecule has 0 spiro atoms. The minimum atomic E-state index is -3.49. The lowest BCUT2D eigenvalue weighted by molar-refractivity contribution is 0.370. The molecule has 0 amide bonds. The lowest BCUT2D eigenvalue weighted by Gasteiger charge is -2.18. The van der Waals surface area contributed by atoms with Crippen LogP contribution in [-0.4, -0.2) is 46.5 Å². The highest BCUT2D eigenvalue weighted by Crippen LogP contribution is 2.10. The molecule has 110 valence electrons. The molecule has 0 heterocycles. The summed E-state index contributed by atoms with van der Waals surface area (Å²) in [4.78, 5) is 2.17. The maximum Gasteiger partial charge on any atom is 0.240 e. The second-order valence-corrected chi connectivity index (χ2v) is 6.53. The molecule has 0 aliphatic rings. The number of nitrogens with zero attached hydrogens (tertiary/aromatic N) is 1. The summed E-state index contributed by atoms with van der Waals surface area (Å²) < 4.78 is 27.0. The van der Waals surface area contributed by atoms with Crippen LogP contribution in [0.1, 0.15) is 12.5 Å². The first-order valence-electron chi connectivity index (χ1n) is 6.31. The number of hydrogen-bond acceptors (Lipinski definition) is 4. The number of likely N-dealkylation sites (N-methyl/N-ethyl adjacent to an activating group) is 1. The Morgan fingerprint density at radius 2 is 1.90 bits per heavy atom. The number of sulfonamides is 1. The van der Waals surface area contributed by atoms with Crippen molar-refractivity contribution in [2.45, 2.75) is 17.9 Å². The summed E-state index contributed by atoms with van der Waals surface area (Å²) in [5.41, 5.74) is 6.03. The molecule has 0 bridgehead atoms. The highest BCUT2D eigenvalue weighted by Gasteiger charge is 2.17. The zero-order valence-electron chi connectivity index (χ0n) is 12.1. The van der Waals surface area contributed by atoms with Crippen LogP contribution in [0.4, 0.5) is 0 Å². The monoisotopic (exact) mass is 295 g/mol. The molecule has 0 saturated heterocycles. The molecule has 0 fully saturated rings. The third kappa shape index (κ3) is 5.31. The topological polar surface area (TPSA) is 75.4 Å². The maximum absolute atomic E-state index is 12.2. The van der Waals surface area contributed by atoms with Gasteiger partial charge in [-0.25, -0.2) is 13.1 Å². The predicted molar refractivity (Wildman–Crippen MR) is 80.7 cm³/mol. The summed E-state index contributed by atoms with van der Waals surface area (Å²) in [6, 6.07) is 6.28. The van der Waals surface area contributed by atoms with Gasteiger partial charge in [0.1, 0.15) is 0 Å². The standard InChI is InChI=1S/C14H21N3O2S/c1-12(11-17(2)3)16-20(18,19)14-8-6-13(7-9-14)5-4-10-15/h6-9,12,16H,10-11,15H2,1-3H3. The van der Waals surface area contributed by atoms with Gasteiger partial charge >= 0.3 is 0 Å². The van der Waals surface area contributed by atoms with Crippen LogP contribution in [0.2, 0.25) is 0 Å². The Kier molecular flexibility index (Phi) is 6.17. The molecule has 1 unspecified atom stereocenters. The van der Waals surface area contributed by atoms with Gasteiger partial charge in [-0.3, -0.25) is 0 Å². The van der Waals surface area contributed by atoms with Crippen LogP contribution in [0.15, 0.2) is 29.2 Å². The van der Waals surface area contributed by atoms with Crippen LogP contribution in [0.3, 0.4) is 0 Å². The van der Waals surface area contributed by atoms with Gasteiger partial charge in [-0.2, -0.15) is 0 Å². The third-order valence-corrected chi connectivity index (χ3v) is 4.10. The summed E-state index contributed by atoms with van der Waals surface area (Å²) in [5.74, 6) is 5.58. The van der Waals surface area contributed by atoms with E-state index in [4.69, 9.17) is 5.73 Å². The van der Waals surface area contributed by atoms with E-state index >= 15 is 0 Å². The highest BCUT2D eigenvalue weighted by atomic mass is 32.2. The van der Waals surface area contributed by atoms with Crippen LogP contribution in [0, 0.1) is 11.8 Å². The van der Waals surface area contributed by atoms with Gasteiger partial charge in [-0.1, -0.05) is 11.8 Å². The van der Waals surface area contributed by atoms with Gasteiger partial charge in [0, 0.05) is 18.2 Å². The molecule has 1 aromatic rings. The molecule has 1 rings (SSSR count). The molecule has 0 aliphatic carbocycles. The molecular weight excluding hydrogens is 274 g/mol. The van der Waals surface area contributed by atoms with Gasteiger partial charge in [0.05, 0.1) is 11.4 Å². The van der Waals surface area contributed by atoms with Gasteiger partial charge in [-0.15, -0.1) is 0 Å². The SMILES string of the molecule is CC(CN(C)C)NS(=O)(=O)c1ccc(C#CCN)cc1. The van der Waals surface area contributed by atoms with E-state index < -0.39 is 10.0 Å². The molecule has 0 saturated carbocycles. The summed E-state index contributed by atoms with van der Waals surface area (Å²) in [7, 11) is 0.305. The molecular formula is C14H21N3O2S. The molecule has 1 atom stereocenters. The van der Waals surface area contributed by atoms with Crippen LogP contribution in [-0.2, 0) is 10.0 Å². The number of benzene rings is 1. The second kappa shape index (κ2) is 7.41. The van der Waals surface area contributed by atoms with Crippen molar-refractivity contribution in [3.63, 3.8) is 0 Å².